The summed E-state index contributed by atoms with van der Waals surface area (Å²) >= 11 is 0. The number of carboxylic acid groups (broad SMARTS) is 1. The number of carboxylic acids is 1. The highest BCUT2D eigenvalue weighted by Crippen LogP contribution is 2.19. The van der Waals surface area contributed by atoms with Crippen LogP contribution in [-0.2, 0) is 9.53 Å². The predicted octanol–water partition coefficient (Wildman–Crippen LogP) is 1.61. The largest absolute Gasteiger partial charge is 0.478 e. The third-order valence-corrected chi connectivity index (χ3v) is 1.95. The second-order valence-corrected chi connectivity index (χ2v) is 3.33. The Morgan fingerprint density at radius 3 is 2.81 bits per heavy atom. The zero-order chi connectivity index (χ0) is 12.1. The molecule has 0 aliphatic carbocycles. The van der Waals surface area contributed by atoms with Gasteiger partial charge in [-0.3, -0.25) is 0 Å². The molecule has 1 N–H and O–H groups in total. The van der Waals surface area contributed by atoms with E-state index in [1.807, 2.05) is 0 Å². The maximum Gasteiger partial charge on any atom is 0.347 e. The van der Waals surface area contributed by atoms with Gasteiger partial charge < -0.3 is 14.6 Å². The lowest BCUT2D eigenvalue weighted by Gasteiger charge is -2.14. The van der Waals surface area contributed by atoms with Crippen LogP contribution in [0.1, 0.15) is 5.56 Å². The Kier molecular flexibility index (Phi) is 4.25. The van der Waals surface area contributed by atoms with E-state index in [-0.39, 0.29) is 12.4 Å². The fraction of sp³-hybridized carbons (Fsp3) is 0.364. The highest BCUT2D eigenvalue weighted by atomic mass is 19.1. The summed E-state index contributed by atoms with van der Waals surface area (Å²) < 4.78 is 23.0. The fourth-order valence-corrected chi connectivity index (χ4v) is 1.16. The van der Waals surface area contributed by atoms with E-state index in [1.54, 1.807) is 13.0 Å². The first kappa shape index (κ1) is 12.4. The van der Waals surface area contributed by atoms with Gasteiger partial charge in [-0.2, -0.15) is 0 Å². The van der Waals surface area contributed by atoms with Gasteiger partial charge in [0.1, 0.15) is 0 Å². The molecule has 5 heteroatoms. The van der Waals surface area contributed by atoms with Gasteiger partial charge in [0.15, 0.2) is 11.6 Å². The van der Waals surface area contributed by atoms with E-state index in [9.17, 15) is 9.18 Å². The van der Waals surface area contributed by atoms with Crippen molar-refractivity contribution in [2.75, 3.05) is 13.7 Å². The van der Waals surface area contributed by atoms with Crippen molar-refractivity contribution < 1.29 is 23.8 Å². The van der Waals surface area contributed by atoms with Crippen LogP contribution in [0.3, 0.4) is 0 Å². The summed E-state index contributed by atoms with van der Waals surface area (Å²) in [6.45, 7) is 1.63. The van der Waals surface area contributed by atoms with E-state index < -0.39 is 17.9 Å². The molecule has 0 heterocycles. The maximum atomic E-state index is 13.3. The molecule has 0 aliphatic heterocycles. The Labute approximate surface area is 92.6 Å². The molecular formula is C11H13FO4. The van der Waals surface area contributed by atoms with Crippen LogP contribution in [0.15, 0.2) is 18.2 Å². The number of benzene rings is 1. The number of rotatable bonds is 5. The Hall–Kier alpha value is -1.62. The van der Waals surface area contributed by atoms with Crippen molar-refractivity contribution in [2.45, 2.75) is 13.0 Å². The van der Waals surface area contributed by atoms with Crippen LogP contribution in [0, 0.1) is 12.7 Å². The van der Waals surface area contributed by atoms with Gasteiger partial charge in [-0.05, 0) is 24.6 Å². The van der Waals surface area contributed by atoms with Crippen molar-refractivity contribution in [3.63, 3.8) is 0 Å². The summed E-state index contributed by atoms with van der Waals surface area (Å²) in [6.07, 6.45) is -1.21. The Morgan fingerprint density at radius 2 is 2.25 bits per heavy atom. The SMILES string of the molecule is COCC(Oc1cc(C)ccc1F)C(=O)O. The van der Waals surface area contributed by atoms with Crippen LogP contribution in [0.2, 0.25) is 0 Å². The number of methoxy groups -OCH3 is 1. The number of hydrogen-bond donors (Lipinski definition) is 1. The molecule has 0 aromatic heterocycles. The van der Waals surface area contributed by atoms with Crippen molar-refractivity contribution in [1.29, 1.82) is 0 Å². The van der Waals surface area contributed by atoms with E-state index in [0.29, 0.717) is 0 Å². The second-order valence-electron chi connectivity index (χ2n) is 3.33. The first-order chi connectivity index (χ1) is 7.54. The van der Waals surface area contributed by atoms with Gasteiger partial charge in [0, 0.05) is 7.11 Å². The van der Waals surface area contributed by atoms with Crippen molar-refractivity contribution >= 4 is 5.97 Å². The lowest BCUT2D eigenvalue weighted by Crippen LogP contribution is -2.31. The lowest BCUT2D eigenvalue weighted by atomic mass is 10.2. The smallest absolute Gasteiger partial charge is 0.347 e. The van der Waals surface area contributed by atoms with Crippen LogP contribution < -0.4 is 4.74 Å². The van der Waals surface area contributed by atoms with Gasteiger partial charge >= 0.3 is 5.97 Å². The molecule has 88 valence electrons. The molecule has 4 nitrogen and oxygen atoms in total. The van der Waals surface area contributed by atoms with Crippen LogP contribution in [0.4, 0.5) is 4.39 Å². The van der Waals surface area contributed by atoms with Crippen molar-refractivity contribution in [1.82, 2.24) is 0 Å². The van der Waals surface area contributed by atoms with Gasteiger partial charge in [0.05, 0.1) is 6.61 Å². The number of hydrogen-bond acceptors (Lipinski definition) is 3. The Bertz CT molecular complexity index is 378. The highest BCUT2D eigenvalue weighted by molar-refractivity contribution is 5.72. The molecule has 0 fully saturated rings. The Balaban J connectivity index is 2.84. The average molecular weight is 228 g/mol. The molecule has 16 heavy (non-hydrogen) atoms. The van der Waals surface area contributed by atoms with Crippen molar-refractivity contribution in [3.05, 3.63) is 29.6 Å². The molecule has 0 spiro atoms. The van der Waals surface area contributed by atoms with E-state index in [1.165, 1.54) is 19.2 Å². The van der Waals surface area contributed by atoms with Gasteiger partial charge in [-0.25, -0.2) is 9.18 Å². The molecule has 0 aliphatic rings. The molecule has 1 unspecified atom stereocenters. The van der Waals surface area contributed by atoms with Gasteiger partial charge in [-0.15, -0.1) is 0 Å². The molecule has 1 rings (SSSR count). The number of halogens is 1. The summed E-state index contributed by atoms with van der Waals surface area (Å²) in [5, 5.41) is 8.80. The van der Waals surface area contributed by atoms with Crippen molar-refractivity contribution in [2.24, 2.45) is 0 Å². The van der Waals surface area contributed by atoms with Crippen molar-refractivity contribution in [3.8, 4) is 5.75 Å². The van der Waals surface area contributed by atoms with Gasteiger partial charge in [0.2, 0.25) is 6.10 Å². The molecule has 0 radical (unpaired) electrons. The number of carbonyl (C=O) groups is 1. The summed E-state index contributed by atoms with van der Waals surface area (Å²) in [6, 6.07) is 4.26. The highest BCUT2D eigenvalue weighted by Gasteiger charge is 2.20. The third-order valence-electron chi connectivity index (χ3n) is 1.95. The first-order valence-corrected chi connectivity index (χ1v) is 4.69. The molecule has 0 saturated heterocycles. The van der Waals surface area contributed by atoms with E-state index in [4.69, 9.17) is 9.84 Å². The molecule has 0 bridgehead atoms. The normalized spacial score (nSPS) is 12.2. The van der Waals surface area contributed by atoms with E-state index >= 15 is 0 Å². The second kappa shape index (κ2) is 5.46. The number of aliphatic carboxylic acids is 1. The molecule has 1 aromatic rings. The summed E-state index contributed by atoms with van der Waals surface area (Å²) in [5.74, 6) is -1.86. The first-order valence-electron chi connectivity index (χ1n) is 4.69. The summed E-state index contributed by atoms with van der Waals surface area (Å²) in [4.78, 5) is 10.8. The standard InChI is InChI=1S/C11H13FO4/c1-7-3-4-8(12)9(5-7)16-10(6-15-2)11(13)14/h3-5,10H,6H2,1-2H3,(H,13,14). The molecular weight excluding hydrogens is 215 g/mol. The van der Waals surface area contributed by atoms with Crippen LogP contribution >= 0.6 is 0 Å². The fourth-order valence-electron chi connectivity index (χ4n) is 1.16. The van der Waals surface area contributed by atoms with Crippen LogP contribution in [-0.4, -0.2) is 30.9 Å². The van der Waals surface area contributed by atoms with Crippen LogP contribution in [0.25, 0.3) is 0 Å². The lowest BCUT2D eigenvalue weighted by molar-refractivity contribution is -0.147. The third kappa shape index (κ3) is 3.20. The minimum absolute atomic E-state index is 0.0792. The molecule has 0 saturated carbocycles. The predicted molar refractivity (Wildman–Crippen MR) is 55.1 cm³/mol. The summed E-state index contributed by atoms with van der Waals surface area (Å²) in [5.41, 5.74) is 0.790. The summed E-state index contributed by atoms with van der Waals surface area (Å²) in [7, 11) is 1.35. The quantitative estimate of drug-likeness (QED) is 0.831. The minimum Gasteiger partial charge on any atom is -0.478 e. The van der Waals surface area contributed by atoms with E-state index in [2.05, 4.69) is 4.74 Å². The average Bonchev–Trinajstić information content (AvgIpc) is 2.22. The van der Waals surface area contributed by atoms with Gasteiger partial charge in [0.25, 0.3) is 0 Å². The number of ether oxygens (including phenoxy) is 2. The van der Waals surface area contributed by atoms with E-state index in [0.717, 1.165) is 5.56 Å². The molecule has 0 amide bonds. The maximum absolute atomic E-state index is 13.3. The van der Waals surface area contributed by atoms with Gasteiger partial charge in [-0.1, -0.05) is 6.07 Å². The topological polar surface area (TPSA) is 55.8 Å². The zero-order valence-electron chi connectivity index (χ0n) is 9.07. The zero-order valence-corrected chi connectivity index (χ0v) is 9.07. The molecule has 1 atom stereocenters. The number of aryl methyl sites for hydroxylation is 1. The monoisotopic (exact) mass is 228 g/mol. The van der Waals surface area contributed by atoms with Crippen LogP contribution in [0.5, 0.6) is 5.75 Å². The molecule has 1 aromatic carbocycles. The Morgan fingerprint density at radius 1 is 1.56 bits per heavy atom. The minimum atomic E-state index is -1.21.